The fourth-order valence-corrected chi connectivity index (χ4v) is 5.19. The van der Waals surface area contributed by atoms with Gasteiger partial charge in [0.15, 0.2) is 0 Å². The van der Waals surface area contributed by atoms with Crippen LogP contribution in [0.2, 0.25) is 0 Å². The lowest BCUT2D eigenvalue weighted by molar-refractivity contribution is -0.145. The van der Waals surface area contributed by atoms with Crippen molar-refractivity contribution in [2.45, 2.75) is 90.6 Å². The van der Waals surface area contributed by atoms with Crippen molar-refractivity contribution in [3.8, 4) is 11.5 Å². The van der Waals surface area contributed by atoms with Crippen LogP contribution < -0.4 is 9.47 Å². The van der Waals surface area contributed by atoms with Gasteiger partial charge in [-0.1, -0.05) is 25.8 Å². The summed E-state index contributed by atoms with van der Waals surface area (Å²) in [6.45, 7) is 4.72. The highest BCUT2D eigenvalue weighted by Crippen LogP contribution is 2.41. The van der Waals surface area contributed by atoms with Gasteiger partial charge in [-0.3, -0.25) is 4.79 Å². The molecule has 0 saturated heterocycles. The van der Waals surface area contributed by atoms with Crippen molar-refractivity contribution in [1.82, 2.24) is 0 Å². The number of benzene rings is 1. The van der Waals surface area contributed by atoms with Crippen LogP contribution in [0.4, 0.5) is 0 Å². The predicted octanol–water partition coefficient (Wildman–Crippen LogP) is 6.65. The molecule has 0 N–H and O–H groups in total. The van der Waals surface area contributed by atoms with E-state index in [-0.39, 0.29) is 24.0 Å². The number of esters is 2. The molecule has 2 fully saturated rings. The molecule has 0 unspecified atom stereocenters. The van der Waals surface area contributed by atoms with Gasteiger partial charge in [0.2, 0.25) is 0 Å². The Morgan fingerprint density at radius 3 is 2.09 bits per heavy atom. The second kappa shape index (κ2) is 13.4. The van der Waals surface area contributed by atoms with Gasteiger partial charge < -0.3 is 14.2 Å². The third kappa shape index (κ3) is 8.21. The zero-order chi connectivity index (χ0) is 23.5. The number of carbonyl (C=O) groups excluding carboxylic acids is 2. The van der Waals surface area contributed by atoms with Crippen LogP contribution >= 0.6 is 0 Å². The highest BCUT2D eigenvalue weighted by Gasteiger charge is 2.34. The van der Waals surface area contributed by atoms with Gasteiger partial charge in [-0.2, -0.15) is 0 Å². The average molecular weight is 457 g/mol. The topological polar surface area (TPSA) is 61.8 Å². The summed E-state index contributed by atoms with van der Waals surface area (Å²) in [5.41, 5.74) is 0. The van der Waals surface area contributed by atoms with E-state index in [1.807, 2.05) is 31.2 Å². The monoisotopic (exact) mass is 456 g/mol. The SMILES string of the molecule is CC=CC(=O)O[C@H]1CC[C@H]([C@H]2CC[C@H](C(=O)Oc3ccc(OCCCCC)cc3)CC2)CC1. The summed E-state index contributed by atoms with van der Waals surface area (Å²) in [6.07, 6.45) is 14.8. The van der Waals surface area contributed by atoms with Crippen LogP contribution in [-0.2, 0) is 14.3 Å². The number of unbranched alkanes of at least 4 members (excludes halogenated alkanes) is 2. The summed E-state index contributed by atoms with van der Waals surface area (Å²) in [6, 6.07) is 7.38. The summed E-state index contributed by atoms with van der Waals surface area (Å²) < 4.78 is 16.9. The standard InChI is InChI=1S/C28H40O5/c1-3-5-6-20-31-24-16-18-26(19-17-24)33-28(30)23-10-8-21(9-11-23)22-12-14-25(15-13-22)32-27(29)7-4-2/h4,7,16-19,21-23,25H,3,5-6,8-15,20H2,1-2H3/t21-,22-,23-,25-. The van der Waals surface area contributed by atoms with Crippen molar-refractivity contribution in [3.63, 3.8) is 0 Å². The lowest BCUT2D eigenvalue weighted by Gasteiger charge is -2.37. The van der Waals surface area contributed by atoms with Crippen LogP contribution in [0.5, 0.6) is 11.5 Å². The van der Waals surface area contributed by atoms with Crippen LogP contribution in [0.3, 0.4) is 0 Å². The maximum Gasteiger partial charge on any atom is 0.330 e. The Morgan fingerprint density at radius 1 is 0.879 bits per heavy atom. The van der Waals surface area contributed by atoms with Gasteiger partial charge in [0, 0.05) is 6.08 Å². The molecule has 2 aliphatic rings. The Kier molecular flexibility index (Phi) is 10.3. The second-order valence-electron chi connectivity index (χ2n) is 9.53. The first-order valence-electron chi connectivity index (χ1n) is 12.9. The van der Waals surface area contributed by atoms with Gasteiger partial charge in [0.1, 0.15) is 17.6 Å². The van der Waals surface area contributed by atoms with Crippen molar-refractivity contribution in [2.24, 2.45) is 17.8 Å². The van der Waals surface area contributed by atoms with Gasteiger partial charge in [-0.25, -0.2) is 4.79 Å². The lowest BCUT2D eigenvalue weighted by atomic mass is 9.70. The summed E-state index contributed by atoms with van der Waals surface area (Å²) in [7, 11) is 0. The van der Waals surface area contributed by atoms with Crippen molar-refractivity contribution in [2.75, 3.05) is 6.61 Å². The van der Waals surface area contributed by atoms with E-state index in [0.717, 1.165) is 70.1 Å². The molecule has 33 heavy (non-hydrogen) atoms. The number of carbonyl (C=O) groups is 2. The van der Waals surface area contributed by atoms with Gasteiger partial charge in [0.25, 0.3) is 0 Å². The van der Waals surface area contributed by atoms with E-state index in [1.165, 1.54) is 18.9 Å². The van der Waals surface area contributed by atoms with E-state index in [2.05, 4.69) is 6.92 Å². The molecule has 0 amide bonds. The molecule has 0 atom stereocenters. The molecule has 3 rings (SSSR count). The van der Waals surface area contributed by atoms with Crippen LogP contribution in [-0.4, -0.2) is 24.6 Å². The van der Waals surface area contributed by atoms with Gasteiger partial charge in [0.05, 0.1) is 12.5 Å². The van der Waals surface area contributed by atoms with Crippen LogP contribution in [0.25, 0.3) is 0 Å². The Labute approximate surface area is 198 Å². The predicted molar refractivity (Wildman–Crippen MR) is 129 cm³/mol. The molecule has 0 radical (unpaired) electrons. The third-order valence-electron chi connectivity index (χ3n) is 7.14. The van der Waals surface area contributed by atoms with Crippen molar-refractivity contribution < 1.29 is 23.8 Å². The van der Waals surface area contributed by atoms with Gasteiger partial charge in [-0.05, 0) is 101 Å². The molecule has 5 heteroatoms. The van der Waals surface area contributed by atoms with Crippen LogP contribution in [0.15, 0.2) is 36.4 Å². The minimum atomic E-state index is -0.228. The molecular formula is C28H40O5. The first-order chi connectivity index (χ1) is 16.1. The van der Waals surface area contributed by atoms with E-state index in [9.17, 15) is 9.59 Å². The Balaban J connectivity index is 1.36. The fourth-order valence-electron chi connectivity index (χ4n) is 5.19. The molecule has 0 aromatic heterocycles. The average Bonchev–Trinajstić information content (AvgIpc) is 2.83. The molecule has 0 spiro atoms. The number of hydrogen-bond acceptors (Lipinski definition) is 5. The molecular weight excluding hydrogens is 416 g/mol. The Hall–Kier alpha value is -2.30. The zero-order valence-corrected chi connectivity index (χ0v) is 20.3. The van der Waals surface area contributed by atoms with Crippen molar-refractivity contribution >= 4 is 11.9 Å². The third-order valence-corrected chi connectivity index (χ3v) is 7.14. The van der Waals surface area contributed by atoms with Crippen molar-refractivity contribution in [3.05, 3.63) is 36.4 Å². The molecule has 2 aliphatic carbocycles. The number of allylic oxidation sites excluding steroid dienone is 1. The Morgan fingerprint density at radius 2 is 1.48 bits per heavy atom. The molecule has 0 bridgehead atoms. The second-order valence-corrected chi connectivity index (χ2v) is 9.53. The molecule has 1 aromatic carbocycles. The lowest BCUT2D eigenvalue weighted by Crippen LogP contribution is -2.31. The van der Waals surface area contributed by atoms with Crippen molar-refractivity contribution in [1.29, 1.82) is 0 Å². The van der Waals surface area contributed by atoms with Gasteiger partial charge >= 0.3 is 11.9 Å². The number of rotatable bonds is 10. The summed E-state index contributed by atoms with van der Waals surface area (Å²) in [5.74, 6) is 2.42. The molecule has 5 nitrogen and oxygen atoms in total. The smallest absolute Gasteiger partial charge is 0.330 e. The molecule has 2 saturated carbocycles. The molecule has 182 valence electrons. The molecule has 1 aromatic rings. The number of hydrogen-bond donors (Lipinski definition) is 0. The summed E-state index contributed by atoms with van der Waals surface area (Å²) in [4.78, 5) is 24.3. The normalized spacial score (nSPS) is 25.5. The summed E-state index contributed by atoms with van der Waals surface area (Å²) >= 11 is 0. The maximum atomic E-state index is 12.7. The highest BCUT2D eigenvalue weighted by atomic mass is 16.5. The minimum Gasteiger partial charge on any atom is -0.494 e. The first-order valence-corrected chi connectivity index (χ1v) is 12.9. The maximum absolute atomic E-state index is 12.7. The molecule has 0 heterocycles. The van der Waals surface area contributed by atoms with E-state index in [0.29, 0.717) is 17.6 Å². The first kappa shape index (κ1) is 25.3. The zero-order valence-electron chi connectivity index (χ0n) is 20.3. The quantitative estimate of drug-likeness (QED) is 0.171. The van der Waals surface area contributed by atoms with E-state index >= 15 is 0 Å². The fraction of sp³-hybridized carbons (Fsp3) is 0.643. The molecule has 0 aliphatic heterocycles. The summed E-state index contributed by atoms with van der Waals surface area (Å²) in [5, 5.41) is 0. The van der Waals surface area contributed by atoms with E-state index < -0.39 is 0 Å². The van der Waals surface area contributed by atoms with Crippen LogP contribution in [0, 0.1) is 17.8 Å². The number of ether oxygens (including phenoxy) is 3. The van der Waals surface area contributed by atoms with E-state index in [1.54, 1.807) is 6.08 Å². The largest absolute Gasteiger partial charge is 0.494 e. The van der Waals surface area contributed by atoms with E-state index in [4.69, 9.17) is 14.2 Å². The highest BCUT2D eigenvalue weighted by molar-refractivity contribution is 5.81. The Bertz CT molecular complexity index is 753. The minimum absolute atomic E-state index is 0.00987. The van der Waals surface area contributed by atoms with Crippen LogP contribution in [0.1, 0.15) is 84.5 Å². The van der Waals surface area contributed by atoms with Gasteiger partial charge in [-0.15, -0.1) is 0 Å².